The molecule has 0 bridgehead atoms. The van der Waals surface area contributed by atoms with Gasteiger partial charge in [-0.1, -0.05) is 376 Å². The van der Waals surface area contributed by atoms with Crippen molar-refractivity contribution in [2.75, 3.05) is 39.6 Å². The van der Waals surface area contributed by atoms with Gasteiger partial charge in [-0.2, -0.15) is 0 Å². The zero-order chi connectivity index (χ0) is 74.4. The summed E-state index contributed by atoms with van der Waals surface area (Å²) in [5.74, 6) is 0.316. The Balaban J connectivity index is 5.26. The lowest BCUT2D eigenvalue weighted by Gasteiger charge is -2.21. The van der Waals surface area contributed by atoms with Gasteiger partial charge in [-0.15, -0.1) is 0 Å². The van der Waals surface area contributed by atoms with Crippen molar-refractivity contribution in [2.45, 2.75) is 446 Å². The number of ether oxygens (including phenoxy) is 4. The Morgan fingerprint density at radius 3 is 0.752 bits per heavy atom. The molecule has 101 heavy (non-hydrogen) atoms. The largest absolute Gasteiger partial charge is 0.472 e. The van der Waals surface area contributed by atoms with Crippen molar-refractivity contribution in [1.29, 1.82) is 0 Å². The SMILES string of the molecule is CCCCCCCCCCCCCC(=O)OC[C@H](COP(=O)(O)OC[C@H](O)COP(=O)(O)OC[C@@H](COC(=O)CCCCCCCCCCCCCCCC(C)C)OC(=O)CCCCCCCCCCCCCCCCC(C)CC)OC(=O)CCCCCCCCCCCCCCCC(C)C. The average molecular weight is 1480 g/mol. The quantitative estimate of drug-likeness (QED) is 0.0222. The van der Waals surface area contributed by atoms with Crippen molar-refractivity contribution in [3.63, 3.8) is 0 Å². The van der Waals surface area contributed by atoms with Gasteiger partial charge < -0.3 is 33.8 Å². The van der Waals surface area contributed by atoms with Crippen LogP contribution in [0.15, 0.2) is 0 Å². The minimum absolute atomic E-state index is 0.107. The third-order valence-electron chi connectivity index (χ3n) is 19.5. The fraction of sp³-hybridized carbons (Fsp3) is 0.951. The molecule has 0 heterocycles. The van der Waals surface area contributed by atoms with E-state index in [2.05, 4.69) is 48.5 Å². The molecule has 0 aromatic heterocycles. The van der Waals surface area contributed by atoms with E-state index in [1.54, 1.807) is 0 Å². The Kier molecular flexibility index (Phi) is 70.9. The molecular weight excluding hydrogens is 1320 g/mol. The summed E-state index contributed by atoms with van der Waals surface area (Å²) >= 11 is 0. The highest BCUT2D eigenvalue weighted by Crippen LogP contribution is 2.45. The van der Waals surface area contributed by atoms with Crippen molar-refractivity contribution < 1.29 is 80.2 Å². The Labute approximate surface area is 619 Å². The first-order valence-electron chi connectivity index (χ1n) is 42.4. The maximum absolute atomic E-state index is 13.1. The van der Waals surface area contributed by atoms with Crippen molar-refractivity contribution in [3.8, 4) is 0 Å². The van der Waals surface area contributed by atoms with Gasteiger partial charge >= 0.3 is 39.5 Å². The monoisotopic (exact) mass is 1480 g/mol. The summed E-state index contributed by atoms with van der Waals surface area (Å²) in [6.07, 6.45) is 60.8. The molecule has 0 aliphatic rings. The lowest BCUT2D eigenvalue weighted by atomic mass is 9.99. The molecule has 3 unspecified atom stereocenters. The first-order chi connectivity index (χ1) is 48.8. The molecule has 19 heteroatoms. The van der Waals surface area contributed by atoms with E-state index in [-0.39, 0.29) is 25.7 Å². The number of carbonyl (C=O) groups excluding carboxylic acids is 4. The van der Waals surface area contributed by atoms with E-state index >= 15 is 0 Å². The molecule has 0 amide bonds. The van der Waals surface area contributed by atoms with Crippen LogP contribution in [0.5, 0.6) is 0 Å². The zero-order valence-corrected chi connectivity index (χ0v) is 68.2. The number of esters is 4. The molecule has 0 aromatic rings. The number of aliphatic hydroxyl groups excluding tert-OH is 1. The molecular formula is C82H160O17P2. The van der Waals surface area contributed by atoms with Gasteiger partial charge in [0.2, 0.25) is 0 Å². The molecule has 3 N–H and O–H groups in total. The van der Waals surface area contributed by atoms with E-state index in [0.717, 1.165) is 108 Å². The summed E-state index contributed by atoms with van der Waals surface area (Å²) in [5, 5.41) is 10.7. The van der Waals surface area contributed by atoms with Crippen LogP contribution in [0.25, 0.3) is 0 Å². The van der Waals surface area contributed by atoms with Crippen LogP contribution in [0.2, 0.25) is 0 Å². The Morgan fingerprint density at radius 2 is 0.505 bits per heavy atom. The molecule has 6 atom stereocenters. The highest BCUT2D eigenvalue weighted by Gasteiger charge is 2.30. The van der Waals surface area contributed by atoms with Crippen LogP contribution in [0.3, 0.4) is 0 Å². The van der Waals surface area contributed by atoms with E-state index in [0.29, 0.717) is 25.7 Å². The fourth-order valence-corrected chi connectivity index (χ4v) is 14.2. The highest BCUT2D eigenvalue weighted by atomic mass is 31.2. The van der Waals surface area contributed by atoms with E-state index < -0.39 is 97.5 Å². The van der Waals surface area contributed by atoms with Crippen LogP contribution < -0.4 is 0 Å². The van der Waals surface area contributed by atoms with Gasteiger partial charge in [0, 0.05) is 25.7 Å². The van der Waals surface area contributed by atoms with Crippen LogP contribution >= 0.6 is 15.6 Å². The van der Waals surface area contributed by atoms with Gasteiger partial charge in [-0.25, -0.2) is 9.13 Å². The van der Waals surface area contributed by atoms with Gasteiger partial charge in [0.1, 0.15) is 19.3 Å². The number of hydrogen-bond acceptors (Lipinski definition) is 15. The third kappa shape index (κ3) is 74.7. The van der Waals surface area contributed by atoms with Gasteiger partial charge in [-0.3, -0.25) is 37.3 Å². The summed E-state index contributed by atoms with van der Waals surface area (Å²) in [7, 11) is -9.92. The summed E-state index contributed by atoms with van der Waals surface area (Å²) in [4.78, 5) is 73.1. The van der Waals surface area contributed by atoms with Crippen molar-refractivity contribution in [2.24, 2.45) is 17.8 Å². The molecule has 0 saturated carbocycles. The van der Waals surface area contributed by atoms with Crippen molar-refractivity contribution in [3.05, 3.63) is 0 Å². The first-order valence-corrected chi connectivity index (χ1v) is 45.4. The molecule has 0 spiro atoms. The molecule has 0 fully saturated rings. The Bertz CT molecular complexity index is 1960. The van der Waals surface area contributed by atoms with Gasteiger partial charge in [0.25, 0.3) is 0 Å². The van der Waals surface area contributed by atoms with Gasteiger partial charge in [0.05, 0.1) is 26.4 Å². The molecule has 0 radical (unpaired) electrons. The number of carbonyl (C=O) groups is 4. The summed E-state index contributed by atoms with van der Waals surface area (Å²) in [5.41, 5.74) is 0. The molecule has 0 rings (SSSR count). The normalized spacial score (nSPS) is 14.2. The second-order valence-electron chi connectivity index (χ2n) is 30.7. The third-order valence-corrected chi connectivity index (χ3v) is 21.4. The number of rotatable bonds is 80. The lowest BCUT2D eigenvalue weighted by Crippen LogP contribution is -2.30. The fourth-order valence-electron chi connectivity index (χ4n) is 12.6. The van der Waals surface area contributed by atoms with E-state index in [1.165, 1.54) is 238 Å². The van der Waals surface area contributed by atoms with E-state index in [9.17, 15) is 43.2 Å². The van der Waals surface area contributed by atoms with Crippen LogP contribution in [0, 0.1) is 17.8 Å². The van der Waals surface area contributed by atoms with Crippen molar-refractivity contribution >= 4 is 39.5 Å². The molecule has 0 saturated heterocycles. The predicted molar refractivity (Wildman–Crippen MR) is 414 cm³/mol. The van der Waals surface area contributed by atoms with Gasteiger partial charge in [-0.05, 0) is 43.4 Å². The topological polar surface area (TPSA) is 237 Å². The predicted octanol–water partition coefficient (Wildman–Crippen LogP) is 24.5. The average Bonchev–Trinajstić information content (AvgIpc) is 0.946. The molecule has 17 nitrogen and oxygen atoms in total. The van der Waals surface area contributed by atoms with E-state index in [1.807, 2.05) is 0 Å². The van der Waals surface area contributed by atoms with Crippen LogP contribution in [0.4, 0.5) is 0 Å². The summed E-state index contributed by atoms with van der Waals surface area (Å²) < 4.78 is 68.8. The van der Waals surface area contributed by atoms with Crippen LogP contribution in [-0.4, -0.2) is 96.7 Å². The molecule has 0 aliphatic heterocycles. The van der Waals surface area contributed by atoms with Crippen LogP contribution in [-0.2, 0) is 65.4 Å². The maximum Gasteiger partial charge on any atom is 0.472 e. The summed E-state index contributed by atoms with van der Waals surface area (Å²) in [6.45, 7) is 12.0. The molecule has 0 aliphatic carbocycles. The second-order valence-corrected chi connectivity index (χ2v) is 33.6. The minimum Gasteiger partial charge on any atom is -0.462 e. The highest BCUT2D eigenvalue weighted by molar-refractivity contribution is 7.47. The zero-order valence-electron chi connectivity index (χ0n) is 66.4. The second kappa shape index (κ2) is 72.3. The van der Waals surface area contributed by atoms with E-state index in [4.69, 9.17) is 37.0 Å². The number of phosphoric acid groups is 2. The number of aliphatic hydroxyl groups is 1. The van der Waals surface area contributed by atoms with Crippen molar-refractivity contribution in [1.82, 2.24) is 0 Å². The standard InChI is InChI=1S/C82H160O17P2/c1-8-10-11-12-13-14-25-35-42-49-56-63-79(84)92-69-77(98-82(87)66-59-52-45-38-31-24-18-20-27-33-40-47-54-61-74(5)6)71-96-100(88,89)94-67-76(83)68-95-101(90,91)97-72-78(70-93-80(85)64-57-50-43-36-29-23-17-19-26-32-39-46-53-60-73(3)4)99-81(86)65-58-51-44-37-30-22-16-15-21-28-34-41-48-55-62-75(7)9-2/h73-78,83H,8-72H2,1-7H3,(H,88,89)(H,90,91)/t75?,76-,77+,78+/m0/s1. The van der Waals surface area contributed by atoms with Gasteiger partial charge in [0.15, 0.2) is 12.2 Å². The summed E-state index contributed by atoms with van der Waals surface area (Å²) in [6, 6.07) is 0. The number of hydrogen-bond donors (Lipinski definition) is 3. The smallest absolute Gasteiger partial charge is 0.462 e. The maximum atomic E-state index is 13.1. The Morgan fingerprint density at radius 1 is 0.287 bits per heavy atom. The Hall–Kier alpha value is -1.94. The lowest BCUT2D eigenvalue weighted by molar-refractivity contribution is -0.161. The minimum atomic E-state index is -4.96. The molecule has 600 valence electrons. The molecule has 0 aromatic carbocycles. The first kappa shape index (κ1) is 99.1. The number of unbranched alkanes of at least 4 members (excludes halogenated alkanes) is 47. The number of phosphoric ester groups is 2. The van der Waals surface area contributed by atoms with Crippen LogP contribution in [0.1, 0.15) is 427 Å².